The molecule has 0 spiro atoms. The number of imidazole rings is 1. The highest BCUT2D eigenvalue weighted by Gasteiger charge is 2.16. The van der Waals surface area contributed by atoms with E-state index in [4.69, 9.17) is 9.52 Å². The standard InChI is InChI=1S/C15H14N2O4/c1-9-10(7-13(21-9)14(18)19)8-17-12-6-4-3-5-11(12)16(2)15(17)20/h3-7H,8H2,1-2H3,(H,18,19). The molecule has 6 nitrogen and oxygen atoms in total. The highest BCUT2D eigenvalue weighted by atomic mass is 16.4. The Kier molecular flexibility index (Phi) is 2.94. The molecule has 2 heterocycles. The van der Waals surface area contributed by atoms with Crippen LogP contribution in [0, 0.1) is 6.92 Å². The number of hydrogen-bond donors (Lipinski definition) is 1. The topological polar surface area (TPSA) is 77.4 Å². The minimum absolute atomic E-state index is 0.115. The Morgan fingerprint density at radius 3 is 2.57 bits per heavy atom. The van der Waals surface area contributed by atoms with E-state index in [1.54, 1.807) is 23.1 Å². The first-order chi connectivity index (χ1) is 9.99. The summed E-state index contributed by atoms with van der Waals surface area (Å²) in [6, 6.07) is 8.94. The van der Waals surface area contributed by atoms with Gasteiger partial charge in [0.25, 0.3) is 0 Å². The van der Waals surface area contributed by atoms with Crippen molar-refractivity contribution in [1.29, 1.82) is 0 Å². The smallest absolute Gasteiger partial charge is 0.371 e. The zero-order valence-electron chi connectivity index (χ0n) is 11.7. The van der Waals surface area contributed by atoms with Gasteiger partial charge in [-0.3, -0.25) is 9.13 Å². The summed E-state index contributed by atoms with van der Waals surface area (Å²) in [5.41, 5.74) is 2.18. The normalized spacial score (nSPS) is 11.1. The SMILES string of the molecule is Cc1oc(C(=O)O)cc1Cn1c(=O)n(C)c2ccccc21. The summed E-state index contributed by atoms with van der Waals surface area (Å²) in [5.74, 6) is -0.724. The van der Waals surface area contributed by atoms with Crippen molar-refractivity contribution in [2.24, 2.45) is 7.05 Å². The number of rotatable bonds is 3. The largest absolute Gasteiger partial charge is 0.475 e. The number of carboxylic acid groups (broad SMARTS) is 1. The van der Waals surface area contributed by atoms with Crippen molar-refractivity contribution >= 4 is 17.0 Å². The van der Waals surface area contributed by atoms with Crippen molar-refractivity contribution in [1.82, 2.24) is 9.13 Å². The number of hydrogen-bond acceptors (Lipinski definition) is 3. The predicted octanol–water partition coefficient (Wildman–Crippen LogP) is 1.99. The van der Waals surface area contributed by atoms with Gasteiger partial charge in [0, 0.05) is 12.6 Å². The molecular formula is C15H14N2O4. The molecule has 0 fully saturated rings. The highest BCUT2D eigenvalue weighted by molar-refractivity contribution is 5.84. The van der Waals surface area contributed by atoms with Gasteiger partial charge in [0.15, 0.2) is 0 Å². The molecule has 3 aromatic rings. The third kappa shape index (κ3) is 2.05. The summed E-state index contributed by atoms with van der Waals surface area (Å²) in [6.07, 6.45) is 0. The molecule has 1 N–H and O–H groups in total. The van der Waals surface area contributed by atoms with Crippen LogP contribution in [0.4, 0.5) is 0 Å². The van der Waals surface area contributed by atoms with Crippen LogP contribution in [-0.2, 0) is 13.6 Å². The van der Waals surface area contributed by atoms with E-state index in [0.717, 1.165) is 11.0 Å². The van der Waals surface area contributed by atoms with Gasteiger partial charge < -0.3 is 9.52 Å². The van der Waals surface area contributed by atoms with Crippen molar-refractivity contribution in [2.45, 2.75) is 13.5 Å². The van der Waals surface area contributed by atoms with Crippen LogP contribution in [-0.4, -0.2) is 20.2 Å². The Bertz CT molecular complexity index is 898. The number of aryl methyl sites for hydroxylation is 2. The van der Waals surface area contributed by atoms with E-state index < -0.39 is 5.97 Å². The van der Waals surface area contributed by atoms with Crippen molar-refractivity contribution < 1.29 is 14.3 Å². The van der Waals surface area contributed by atoms with Crippen LogP contribution in [0.5, 0.6) is 0 Å². The fourth-order valence-electron chi connectivity index (χ4n) is 2.47. The van der Waals surface area contributed by atoms with Crippen LogP contribution in [0.1, 0.15) is 21.9 Å². The molecule has 108 valence electrons. The van der Waals surface area contributed by atoms with Gasteiger partial charge in [0.2, 0.25) is 5.76 Å². The molecule has 21 heavy (non-hydrogen) atoms. The van der Waals surface area contributed by atoms with Crippen LogP contribution in [0.3, 0.4) is 0 Å². The number of aromatic nitrogens is 2. The Balaban J connectivity index is 2.13. The molecule has 0 aliphatic rings. The maximum absolute atomic E-state index is 12.3. The zero-order valence-corrected chi connectivity index (χ0v) is 11.7. The van der Waals surface area contributed by atoms with Crippen LogP contribution >= 0.6 is 0 Å². The van der Waals surface area contributed by atoms with E-state index in [1.165, 1.54) is 6.07 Å². The quantitative estimate of drug-likeness (QED) is 0.798. The third-order valence-electron chi connectivity index (χ3n) is 3.61. The first-order valence-corrected chi connectivity index (χ1v) is 6.46. The molecule has 0 aliphatic heterocycles. The molecule has 3 rings (SSSR count). The number of benzene rings is 1. The monoisotopic (exact) mass is 286 g/mol. The lowest BCUT2D eigenvalue weighted by Crippen LogP contribution is -2.22. The molecule has 0 bridgehead atoms. The fraction of sp³-hybridized carbons (Fsp3) is 0.200. The van der Waals surface area contributed by atoms with Gasteiger partial charge in [0.05, 0.1) is 17.6 Å². The number of nitrogens with zero attached hydrogens (tertiary/aromatic N) is 2. The number of para-hydroxylation sites is 2. The van der Waals surface area contributed by atoms with Gasteiger partial charge in [-0.15, -0.1) is 0 Å². The Labute approximate surface area is 119 Å². The van der Waals surface area contributed by atoms with Crippen LogP contribution in [0.25, 0.3) is 11.0 Å². The fourth-order valence-corrected chi connectivity index (χ4v) is 2.47. The van der Waals surface area contributed by atoms with Gasteiger partial charge >= 0.3 is 11.7 Å². The molecule has 1 aromatic carbocycles. The summed E-state index contributed by atoms with van der Waals surface area (Å²) in [7, 11) is 1.71. The average Bonchev–Trinajstić information content (AvgIpc) is 2.94. The second-order valence-corrected chi connectivity index (χ2v) is 4.91. The molecule has 0 unspecified atom stereocenters. The Morgan fingerprint density at radius 1 is 1.29 bits per heavy atom. The van der Waals surface area contributed by atoms with Crippen LogP contribution in [0.2, 0.25) is 0 Å². The van der Waals surface area contributed by atoms with E-state index in [-0.39, 0.29) is 18.0 Å². The summed E-state index contributed by atoms with van der Waals surface area (Å²) < 4.78 is 8.37. The second-order valence-electron chi connectivity index (χ2n) is 4.91. The first-order valence-electron chi connectivity index (χ1n) is 6.46. The summed E-state index contributed by atoms with van der Waals surface area (Å²) >= 11 is 0. The molecule has 0 radical (unpaired) electrons. The minimum Gasteiger partial charge on any atom is -0.475 e. The number of aromatic carboxylic acids is 1. The van der Waals surface area contributed by atoms with Gasteiger partial charge in [0.1, 0.15) is 5.76 Å². The predicted molar refractivity (Wildman–Crippen MR) is 76.7 cm³/mol. The molecule has 6 heteroatoms. The van der Waals surface area contributed by atoms with Crippen LogP contribution in [0.15, 0.2) is 39.5 Å². The number of carbonyl (C=O) groups is 1. The maximum atomic E-state index is 12.3. The summed E-state index contributed by atoms with van der Waals surface area (Å²) in [6.45, 7) is 1.97. The van der Waals surface area contributed by atoms with E-state index in [1.807, 2.05) is 24.3 Å². The molecule has 0 atom stereocenters. The zero-order chi connectivity index (χ0) is 15.1. The average molecular weight is 286 g/mol. The molecule has 0 amide bonds. The number of furan rings is 1. The summed E-state index contributed by atoms with van der Waals surface area (Å²) in [4.78, 5) is 23.3. The van der Waals surface area contributed by atoms with Crippen molar-refractivity contribution in [3.63, 3.8) is 0 Å². The van der Waals surface area contributed by atoms with Gasteiger partial charge in [-0.2, -0.15) is 0 Å². The minimum atomic E-state index is -1.12. The van der Waals surface area contributed by atoms with Crippen molar-refractivity contribution in [3.8, 4) is 0 Å². The third-order valence-corrected chi connectivity index (χ3v) is 3.61. The van der Waals surface area contributed by atoms with Gasteiger partial charge in [-0.05, 0) is 25.1 Å². The lowest BCUT2D eigenvalue weighted by atomic mass is 10.2. The van der Waals surface area contributed by atoms with E-state index in [2.05, 4.69) is 0 Å². The molecule has 0 aliphatic carbocycles. The highest BCUT2D eigenvalue weighted by Crippen LogP contribution is 2.18. The molecular weight excluding hydrogens is 272 g/mol. The summed E-state index contributed by atoms with van der Waals surface area (Å²) in [5, 5.41) is 8.95. The van der Waals surface area contributed by atoms with E-state index in [0.29, 0.717) is 11.3 Å². The first kappa shape index (κ1) is 13.2. The lowest BCUT2D eigenvalue weighted by molar-refractivity contribution is 0.0661. The molecule has 0 saturated carbocycles. The van der Waals surface area contributed by atoms with Crippen molar-refractivity contribution in [2.75, 3.05) is 0 Å². The lowest BCUT2D eigenvalue weighted by Gasteiger charge is -2.01. The van der Waals surface area contributed by atoms with Gasteiger partial charge in [-0.1, -0.05) is 12.1 Å². The van der Waals surface area contributed by atoms with Gasteiger partial charge in [-0.25, -0.2) is 9.59 Å². The Morgan fingerprint density at radius 2 is 1.95 bits per heavy atom. The van der Waals surface area contributed by atoms with E-state index >= 15 is 0 Å². The Hall–Kier alpha value is -2.76. The number of carboxylic acids is 1. The number of fused-ring (bicyclic) bond motifs is 1. The molecule has 2 aromatic heterocycles. The van der Waals surface area contributed by atoms with Crippen molar-refractivity contribution in [3.05, 3.63) is 57.9 Å². The molecule has 0 saturated heterocycles. The van der Waals surface area contributed by atoms with E-state index in [9.17, 15) is 9.59 Å². The second kappa shape index (κ2) is 4.66. The maximum Gasteiger partial charge on any atom is 0.371 e. The van der Waals surface area contributed by atoms with Crippen LogP contribution < -0.4 is 5.69 Å².